The van der Waals surface area contributed by atoms with Gasteiger partial charge in [0, 0.05) is 6.20 Å². The van der Waals surface area contributed by atoms with Crippen molar-refractivity contribution >= 4 is 17.6 Å². The van der Waals surface area contributed by atoms with Gasteiger partial charge in [-0.25, -0.2) is 4.79 Å². The summed E-state index contributed by atoms with van der Waals surface area (Å²) >= 11 is 5.91. The third-order valence-corrected chi connectivity index (χ3v) is 2.18. The molecule has 1 aromatic heterocycles. The summed E-state index contributed by atoms with van der Waals surface area (Å²) in [6.07, 6.45) is 1.59. The first-order chi connectivity index (χ1) is 6.57. The molecule has 0 bridgehead atoms. The van der Waals surface area contributed by atoms with Gasteiger partial charge < -0.3 is 4.74 Å². The number of carbonyl (C=O) groups is 1. The Morgan fingerprint density at radius 1 is 1.57 bits per heavy atom. The first-order valence-corrected chi connectivity index (χ1v) is 4.68. The number of halogens is 1. The fourth-order valence-electron chi connectivity index (χ4n) is 1.20. The van der Waals surface area contributed by atoms with Gasteiger partial charge in [-0.3, -0.25) is 4.98 Å². The second-order valence-electron chi connectivity index (χ2n) is 3.20. The van der Waals surface area contributed by atoms with Gasteiger partial charge in [0.05, 0.1) is 23.4 Å². The fraction of sp³-hybridized carbons (Fsp3) is 0.400. The molecule has 1 rings (SSSR count). The zero-order valence-electron chi connectivity index (χ0n) is 8.37. The van der Waals surface area contributed by atoms with Gasteiger partial charge in [0.1, 0.15) is 0 Å². The van der Waals surface area contributed by atoms with Crippen LogP contribution in [0, 0.1) is 0 Å². The SMILES string of the molecule is COC(=O)c1c(Cl)ccnc1C(C)C. The topological polar surface area (TPSA) is 39.2 Å². The Balaban J connectivity index is 3.29. The van der Waals surface area contributed by atoms with Crippen LogP contribution in [0.15, 0.2) is 12.3 Å². The van der Waals surface area contributed by atoms with Crippen molar-refractivity contribution in [3.05, 3.63) is 28.5 Å². The monoisotopic (exact) mass is 213 g/mol. The number of ether oxygens (including phenoxy) is 1. The molecule has 0 spiro atoms. The van der Waals surface area contributed by atoms with Crippen LogP contribution in [-0.2, 0) is 4.74 Å². The molecule has 4 heteroatoms. The molecule has 0 saturated heterocycles. The van der Waals surface area contributed by atoms with E-state index < -0.39 is 5.97 Å². The molecule has 0 aliphatic heterocycles. The van der Waals surface area contributed by atoms with Crippen LogP contribution in [0.5, 0.6) is 0 Å². The average Bonchev–Trinajstić information content (AvgIpc) is 2.16. The summed E-state index contributed by atoms with van der Waals surface area (Å²) in [5.41, 5.74) is 1.04. The number of nitrogens with zero attached hydrogens (tertiary/aromatic N) is 1. The number of hydrogen-bond donors (Lipinski definition) is 0. The number of pyridine rings is 1. The minimum atomic E-state index is -0.438. The quantitative estimate of drug-likeness (QED) is 0.709. The predicted octanol–water partition coefficient (Wildman–Crippen LogP) is 2.65. The first-order valence-electron chi connectivity index (χ1n) is 4.30. The second-order valence-corrected chi connectivity index (χ2v) is 3.61. The minimum Gasteiger partial charge on any atom is -0.465 e. The van der Waals surface area contributed by atoms with E-state index in [4.69, 9.17) is 11.6 Å². The molecular weight excluding hydrogens is 202 g/mol. The van der Waals surface area contributed by atoms with Crippen molar-refractivity contribution < 1.29 is 9.53 Å². The van der Waals surface area contributed by atoms with Gasteiger partial charge in [-0.15, -0.1) is 0 Å². The van der Waals surface area contributed by atoms with Gasteiger partial charge >= 0.3 is 5.97 Å². The normalized spacial score (nSPS) is 10.4. The smallest absolute Gasteiger partial charge is 0.341 e. The standard InChI is InChI=1S/C10H12ClNO2/c1-6(2)9-8(10(13)14-3)7(11)4-5-12-9/h4-6H,1-3H3. The Morgan fingerprint density at radius 2 is 2.21 bits per heavy atom. The van der Waals surface area contributed by atoms with Gasteiger partial charge in [0.15, 0.2) is 0 Å². The van der Waals surface area contributed by atoms with Gasteiger partial charge in [-0.05, 0) is 12.0 Å². The van der Waals surface area contributed by atoms with Crippen LogP contribution in [0.25, 0.3) is 0 Å². The van der Waals surface area contributed by atoms with Gasteiger partial charge in [-0.1, -0.05) is 25.4 Å². The molecule has 0 unspecified atom stereocenters. The molecule has 0 atom stereocenters. The van der Waals surface area contributed by atoms with Gasteiger partial charge in [-0.2, -0.15) is 0 Å². The van der Waals surface area contributed by atoms with Crippen LogP contribution < -0.4 is 0 Å². The highest BCUT2D eigenvalue weighted by atomic mass is 35.5. The molecule has 1 heterocycles. The molecule has 14 heavy (non-hydrogen) atoms. The molecule has 0 fully saturated rings. The Hall–Kier alpha value is -1.09. The first kappa shape index (κ1) is 11.0. The van der Waals surface area contributed by atoms with Crippen molar-refractivity contribution in [3.8, 4) is 0 Å². The highest BCUT2D eigenvalue weighted by Gasteiger charge is 2.18. The number of carbonyl (C=O) groups excluding carboxylic acids is 1. The molecular formula is C10H12ClNO2. The van der Waals surface area contributed by atoms with E-state index >= 15 is 0 Å². The largest absolute Gasteiger partial charge is 0.465 e. The molecule has 3 nitrogen and oxygen atoms in total. The number of aromatic nitrogens is 1. The van der Waals surface area contributed by atoms with Crippen molar-refractivity contribution in [2.45, 2.75) is 19.8 Å². The van der Waals surface area contributed by atoms with E-state index in [0.717, 1.165) is 0 Å². The molecule has 0 radical (unpaired) electrons. The minimum absolute atomic E-state index is 0.141. The Kier molecular flexibility index (Phi) is 3.47. The maximum absolute atomic E-state index is 11.4. The maximum Gasteiger partial charge on any atom is 0.341 e. The average molecular weight is 214 g/mol. The number of hydrogen-bond acceptors (Lipinski definition) is 3. The lowest BCUT2D eigenvalue weighted by atomic mass is 10.0. The fourth-order valence-corrected chi connectivity index (χ4v) is 1.43. The van der Waals surface area contributed by atoms with E-state index in [-0.39, 0.29) is 5.92 Å². The summed E-state index contributed by atoms with van der Waals surface area (Å²) in [5, 5.41) is 0.385. The van der Waals surface area contributed by atoms with Crippen molar-refractivity contribution in [2.75, 3.05) is 7.11 Å². The molecule has 76 valence electrons. The number of esters is 1. The number of methoxy groups -OCH3 is 1. The van der Waals surface area contributed by atoms with Crippen LogP contribution in [0.1, 0.15) is 35.8 Å². The van der Waals surface area contributed by atoms with Crippen LogP contribution in [0.2, 0.25) is 5.02 Å². The molecule has 0 saturated carbocycles. The summed E-state index contributed by atoms with van der Waals surface area (Å²) in [5.74, 6) is -0.297. The highest BCUT2D eigenvalue weighted by molar-refractivity contribution is 6.33. The van der Waals surface area contributed by atoms with E-state index in [1.54, 1.807) is 12.3 Å². The lowest BCUT2D eigenvalue weighted by molar-refractivity contribution is 0.0598. The van der Waals surface area contributed by atoms with Crippen LogP contribution in [0.3, 0.4) is 0 Å². The summed E-state index contributed by atoms with van der Waals surface area (Å²) in [7, 11) is 1.33. The lowest BCUT2D eigenvalue weighted by Crippen LogP contribution is -2.09. The van der Waals surface area contributed by atoms with Crippen LogP contribution >= 0.6 is 11.6 Å². The van der Waals surface area contributed by atoms with E-state index in [1.807, 2.05) is 13.8 Å². The highest BCUT2D eigenvalue weighted by Crippen LogP contribution is 2.24. The van der Waals surface area contributed by atoms with E-state index in [9.17, 15) is 4.79 Å². The maximum atomic E-state index is 11.4. The second kappa shape index (κ2) is 4.42. The summed E-state index contributed by atoms with van der Waals surface area (Å²) < 4.78 is 4.64. The third kappa shape index (κ3) is 2.04. The number of rotatable bonds is 2. The van der Waals surface area contributed by atoms with Crippen molar-refractivity contribution in [3.63, 3.8) is 0 Å². The Bertz CT molecular complexity index is 350. The lowest BCUT2D eigenvalue weighted by Gasteiger charge is -2.10. The van der Waals surface area contributed by atoms with E-state index in [2.05, 4.69) is 9.72 Å². The molecule has 0 amide bonds. The van der Waals surface area contributed by atoms with Crippen LogP contribution in [0.4, 0.5) is 0 Å². The summed E-state index contributed by atoms with van der Waals surface area (Å²) in [6.45, 7) is 3.90. The van der Waals surface area contributed by atoms with Crippen molar-refractivity contribution in [1.82, 2.24) is 4.98 Å². The molecule has 0 N–H and O–H groups in total. The Morgan fingerprint density at radius 3 is 2.71 bits per heavy atom. The zero-order valence-corrected chi connectivity index (χ0v) is 9.13. The summed E-state index contributed by atoms with van der Waals surface area (Å²) in [6, 6.07) is 1.58. The van der Waals surface area contributed by atoms with Crippen molar-refractivity contribution in [1.29, 1.82) is 0 Å². The molecule has 0 aromatic carbocycles. The molecule has 1 aromatic rings. The van der Waals surface area contributed by atoms with Gasteiger partial charge in [0.25, 0.3) is 0 Å². The predicted molar refractivity (Wildman–Crippen MR) is 54.7 cm³/mol. The van der Waals surface area contributed by atoms with Gasteiger partial charge in [0.2, 0.25) is 0 Å². The van der Waals surface area contributed by atoms with E-state index in [1.165, 1.54) is 7.11 Å². The molecule has 0 aliphatic carbocycles. The zero-order chi connectivity index (χ0) is 10.7. The van der Waals surface area contributed by atoms with E-state index in [0.29, 0.717) is 16.3 Å². The molecule has 0 aliphatic rings. The summed E-state index contributed by atoms with van der Waals surface area (Å²) in [4.78, 5) is 15.5. The Labute approximate surface area is 88.1 Å². The third-order valence-electron chi connectivity index (χ3n) is 1.87. The van der Waals surface area contributed by atoms with Crippen LogP contribution in [-0.4, -0.2) is 18.1 Å². The van der Waals surface area contributed by atoms with Crippen molar-refractivity contribution in [2.24, 2.45) is 0 Å².